The molecule has 74 valence electrons. The third kappa shape index (κ3) is 2.02. The van der Waals surface area contributed by atoms with Crippen molar-refractivity contribution in [3.63, 3.8) is 0 Å². The van der Waals surface area contributed by atoms with E-state index in [1.54, 1.807) is 0 Å². The van der Waals surface area contributed by atoms with Gasteiger partial charge in [0.05, 0.1) is 0 Å². The van der Waals surface area contributed by atoms with Crippen molar-refractivity contribution in [2.24, 2.45) is 16.7 Å². The van der Waals surface area contributed by atoms with Crippen LogP contribution in [0.2, 0.25) is 0 Å². The predicted octanol–water partition coefficient (Wildman–Crippen LogP) is 4.49. The van der Waals surface area contributed by atoms with Crippen molar-refractivity contribution in [2.45, 2.75) is 61.3 Å². The fourth-order valence-electron chi connectivity index (χ4n) is 1.86. The summed E-state index contributed by atoms with van der Waals surface area (Å²) in [5, 5.41) is 0. The Balaban J connectivity index is 5.06. The third-order valence-corrected chi connectivity index (χ3v) is 3.83. The Kier molecular flexibility index (Phi) is 3.20. The fraction of sp³-hybridized carbons (Fsp3) is 1.00. The average Bonchev–Trinajstić information content (AvgIpc) is 2.00. The molecule has 2 unspecified atom stereocenters. The first-order chi connectivity index (χ1) is 5.62. The van der Waals surface area contributed by atoms with Crippen molar-refractivity contribution in [3.8, 4) is 0 Å². The Bertz CT molecular complexity index is 164. The largest absolute Gasteiger partial charge is 0.0651 e. The van der Waals surface area contributed by atoms with Gasteiger partial charge in [0.25, 0.3) is 0 Å². The molecule has 0 bridgehead atoms. The molecule has 0 aliphatic rings. The Labute approximate surface area is 80.2 Å². The highest BCUT2D eigenvalue weighted by Crippen LogP contribution is 2.47. The van der Waals surface area contributed by atoms with Crippen LogP contribution in [0.1, 0.15) is 62.7 Å². The molecule has 0 aliphatic heterocycles. The van der Waals surface area contributed by atoms with E-state index in [1.165, 1.54) is 0 Å². The zero-order chi connectivity index (χ0) is 10.9. The van der Waals surface area contributed by atoms with E-state index >= 15 is 0 Å². The molecular formula is C12H26. The molecule has 0 heteroatoms. The highest BCUT2D eigenvalue weighted by atomic mass is 14.4. The van der Waals surface area contributed by atoms with Crippen LogP contribution in [0.25, 0.3) is 0 Å². The summed E-state index contributed by atoms with van der Waals surface area (Å²) in [4.78, 5) is 0. The van der Waals surface area contributed by atoms with Crippen molar-refractivity contribution in [3.05, 3.63) is 0 Å². The first-order valence-corrected chi connectivity index (χ1v) is 5.12. The van der Waals surface area contributed by atoms with Crippen molar-refractivity contribution in [1.82, 2.24) is 0 Å². The molecule has 12 heavy (non-hydrogen) atoms. The van der Waals surface area contributed by atoms with Crippen LogP contribution in [-0.4, -0.2) is 0 Å². The third-order valence-electron chi connectivity index (χ3n) is 3.83. The molecule has 0 nitrogen and oxygen atoms in total. The van der Waals surface area contributed by atoms with Crippen LogP contribution in [0.15, 0.2) is 0 Å². The van der Waals surface area contributed by atoms with Gasteiger partial charge in [0, 0.05) is 1.37 Å². The van der Waals surface area contributed by atoms with Crippen molar-refractivity contribution in [2.75, 3.05) is 0 Å². The second-order valence-electron chi connectivity index (χ2n) is 5.07. The molecule has 0 aliphatic carbocycles. The lowest BCUT2D eigenvalue weighted by Crippen LogP contribution is -2.37. The average molecular weight is 171 g/mol. The van der Waals surface area contributed by atoms with E-state index in [4.69, 9.17) is 1.37 Å². The Morgan fingerprint density at radius 2 is 1.58 bits per heavy atom. The zero-order valence-electron chi connectivity index (χ0n) is 10.9. The van der Waals surface area contributed by atoms with E-state index in [-0.39, 0.29) is 16.7 Å². The van der Waals surface area contributed by atoms with Crippen molar-refractivity contribution < 1.29 is 1.37 Å². The second kappa shape index (κ2) is 3.81. The zero-order valence-corrected chi connectivity index (χ0v) is 9.91. The van der Waals surface area contributed by atoms with Gasteiger partial charge >= 0.3 is 0 Å². The molecule has 0 saturated heterocycles. The van der Waals surface area contributed by atoms with E-state index < -0.39 is 0 Å². The standard InChI is InChI=1S/C12H26/c1-8-10(3)12(7,9-2)11(4,5)6/h10H,8-9H2,1-7H3/i10D. The maximum atomic E-state index is 8.38. The molecule has 0 aromatic rings. The van der Waals surface area contributed by atoms with Crippen LogP contribution in [0.3, 0.4) is 0 Å². The Morgan fingerprint density at radius 3 is 1.67 bits per heavy atom. The summed E-state index contributed by atoms with van der Waals surface area (Å²) in [6, 6.07) is 0. The summed E-state index contributed by atoms with van der Waals surface area (Å²) in [5.41, 5.74) is 0.295. The van der Waals surface area contributed by atoms with Crippen LogP contribution in [0, 0.1) is 16.7 Å². The molecule has 0 spiro atoms. The van der Waals surface area contributed by atoms with Crippen molar-refractivity contribution >= 4 is 0 Å². The molecule has 0 fully saturated rings. The van der Waals surface area contributed by atoms with Crippen LogP contribution in [-0.2, 0) is 0 Å². The van der Waals surface area contributed by atoms with Crippen LogP contribution >= 0.6 is 0 Å². The Hall–Kier alpha value is 0. The molecule has 2 atom stereocenters. The van der Waals surface area contributed by atoms with E-state index in [9.17, 15) is 0 Å². The van der Waals surface area contributed by atoms with Gasteiger partial charge in [-0.05, 0) is 23.1 Å². The number of hydrogen-bond donors (Lipinski definition) is 0. The summed E-state index contributed by atoms with van der Waals surface area (Å²) in [6.45, 7) is 15.4. The van der Waals surface area contributed by atoms with E-state index in [1.807, 2.05) is 0 Å². The van der Waals surface area contributed by atoms with Crippen LogP contribution in [0.4, 0.5) is 0 Å². The van der Waals surface area contributed by atoms with Gasteiger partial charge in [-0.25, -0.2) is 0 Å². The minimum absolute atomic E-state index is 0.0920. The fourth-order valence-corrected chi connectivity index (χ4v) is 1.86. The summed E-state index contributed by atoms with van der Waals surface area (Å²) in [7, 11) is 0. The topological polar surface area (TPSA) is 0 Å². The first-order valence-electron chi connectivity index (χ1n) is 5.62. The Morgan fingerprint density at radius 1 is 1.17 bits per heavy atom. The quantitative estimate of drug-likeness (QED) is 0.586. The molecule has 0 aromatic carbocycles. The molecule has 0 heterocycles. The SMILES string of the molecule is [2H]C(C)(CC)C(C)(CC)C(C)(C)C. The van der Waals surface area contributed by atoms with Crippen molar-refractivity contribution in [1.29, 1.82) is 0 Å². The molecule has 0 N–H and O–H groups in total. The molecule has 0 rings (SSSR count). The molecular weight excluding hydrogens is 144 g/mol. The molecule has 0 radical (unpaired) electrons. The lowest BCUT2D eigenvalue weighted by molar-refractivity contribution is 0.0362. The lowest BCUT2D eigenvalue weighted by atomic mass is 9.59. The van der Waals surface area contributed by atoms with E-state index in [0.29, 0.717) is 0 Å². The highest BCUT2D eigenvalue weighted by Gasteiger charge is 2.39. The van der Waals surface area contributed by atoms with E-state index in [2.05, 4.69) is 48.5 Å². The van der Waals surface area contributed by atoms with Gasteiger partial charge in [-0.3, -0.25) is 0 Å². The lowest BCUT2D eigenvalue weighted by Gasteiger charge is -2.46. The van der Waals surface area contributed by atoms with Gasteiger partial charge in [0.15, 0.2) is 0 Å². The summed E-state index contributed by atoms with van der Waals surface area (Å²) < 4.78 is 8.38. The number of rotatable bonds is 3. The monoisotopic (exact) mass is 171 g/mol. The molecule has 0 amide bonds. The van der Waals surface area contributed by atoms with Crippen LogP contribution < -0.4 is 0 Å². The minimum Gasteiger partial charge on any atom is -0.0651 e. The predicted molar refractivity (Wildman–Crippen MR) is 57.3 cm³/mol. The normalized spacial score (nSPS) is 24.1. The van der Waals surface area contributed by atoms with Gasteiger partial charge in [-0.1, -0.05) is 54.9 Å². The molecule has 0 saturated carbocycles. The summed E-state index contributed by atoms with van der Waals surface area (Å²) in [5.74, 6) is -0.319. The highest BCUT2D eigenvalue weighted by molar-refractivity contribution is 4.88. The maximum absolute atomic E-state index is 8.38. The maximum Gasteiger partial charge on any atom is 0.0306 e. The van der Waals surface area contributed by atoms with Gasteiger partial charge in [0.1, 0.15) is 0 Å². The summed E-state index contributed by atoms with van der Waals surface area (Å²) >= 11 is 0. The van der Waals surface area contributed by atoms with Gasteiger partial charge < -0.3 is 0 Å². The van der Waals surface area contributed by atoms with Gasteiger partial charge in [-0.15, -0.1) is 0 Å². The smallest absolute Gasteiger partial charge is 0.0306 e. The number of hydrogen-bond acceptors (Lipinski definition) is 0. The van der Waals surface area contributed by atoms with Gasteiger partial charge in [-0.2, -0.15) is 0 Å². The second-order valence-corrected chi connectivity index (χ2v) is 5.07. The minimum atomic E-state index is -0.319. The van der Waals surface area contributed by atoms with Gasteiger partial charge in [0.2, 0.25) is 0 Å². The van der Waals surface area contributed by atoms with Crippen LogP contribution in [0.5, 0.6) is 0 Å². The van der Waals surface area contributed by atoms with E-state index in [0.717, 1.165) is 12.8 Å². The first kappa shape index (κ1) is 10.1. The summed E-state index contributed by atoms with van der Waals surface area (Å²) in [6.07, 6.45) is 2.00. The molecule has 0 aromatic heterocycles.